The zero-order valence-corrected chi connectivity index (χ0v) is 13.3. The number of hydrogen-bond acceptors (Lipinski definition) is 2. The Balaban J connectivity index is 1.77. The van der Waals surface area contributed by atoms with Gasteiger partial charge in [-0.15, -0.1) is 11.8 Å². The Morgan fingerprint density at radius 3 is 2.86 bits per heavy atom. The predicted octanol–water partition coefficient (Wildman–Crippen LogP) is 4.33. The van der Waals surface area contributed by atoms with Crippen LogP contribution in [0.25, 0.3) is 0 Å². The second-order valence-electron chi connectivity index (χ2n) is 5.28. The average molecular weight is 322 g/mol. The molecule has 0 spiro atoms. The SMILES string of the molecule is CNC(Cc1cccc(F)c1Cl)C1Cc2ccccc2S1. The van der Waals surface area contributed by atoms with Crippen molar-refractivity contribution in [1.29, 1.82) is 0 Å². The van der Waals surface area contributed by atoms with E-state index < -0.39 is 0 Å². The zero-order chi connectivity index (χ0) is 14.8. The molecule has 1 aliphatic heterocycles. The monoisotopic (exact) mass is 321 g/mol. The molecular weight excluding hydrogens is 305 g/mol. The highest BCUT2D eigenvalue weighted by atomic mass is 35.5. The van der Waals surface area contributed by atoms with Crippen molar-refractivity contribution in [1.82, 2.24) is 5.32 Å². The minimum Gasteiger partial charge on any atom is -0.316 e. The number of hydrogen-bond donors (Lipinski definition) is 1. The highest BCUT2D eigenvalue weighted by Gasteiger charge is 2.29. The van der Waals surface area contributed by atoms with E-state index in [0.717, 1.165) is 18.4 Å². The Hall–Kier alpha value is -1.03. The lowest BCUT2D eigenvalue weighted by Crippen LogP contribution is -2.37. The fourth-order valence-electron chi connectivity index (χ4n) is 2.80. The Morgan fingerprint density at radius 1 is 1.29 bits per heavy atom. The molecule has 2 unspecified atom stereocenters. The fourth-order valence-corrected chi connectivity index (χ4v) is 4.44. The lowest BCUT2D eigenvalue weighted by atomic mass is 9.99. The molecule has 1 nitrogen and oxygen atoms in total. The highest BCUT2D eigenvalue weighted by Crippen LogP contribution is 2.39. The molecule has 0 aromatic heterocycles. The Morgan fingerprint density at radius 2 is 2.10 bits per heavy atom. The van der Waals surface area contributed by atoms with Crippen LogP contribution in [0.15, 0.2) is 47.4 Å². The number of fused-ring (bicyclic) bond motifs is 1. The van der Waals surface area contributed by atoms with Gasteiger partial charge in [0.15, 0.2) is 0 Å². The number of halogens is 2. The molecular formula is C17H17ClFNS. The molecule has 0 fully saturated rings. The highest BCUT2D eigenvalue weighted by molar-refractivity contribution is 8.00. The topological polar surface area (TPSA) is 12.0 Å². The van der Waals surface area contributed by atoms with Gasteiger partial charge in [0.1, 0.15) is 5.82 Å². The van der Waals surface area contributed by atoms with Gasteiger partial charge in [0, 0.05) is 16.2 Å². The minimum atomic E-state index is -0.341. The van der Waals surface area contributed by atoms with Crippen molar-refractivity contribution in [3.63, 3.8) is 0 Å². The van der Waals surface area contributed by atoms with Crippen molar-refractivity contribution in [2.75, 3.05) is 7.05 Å². The van der Waals surface area contributed by atoms with Crippen molar-refractivity contribution in [3.05, 3.63) is 64.4 Å². The number of likely N-dealkylation sites (N-methyl/N-ethyl adjacent to an activating group) is 1. The molecule has 2 aromatic rings. The van der Waals surface area contributed by atoms with Crippen molar-refractivity contribution in [3.8, 4) is 0 Å². The normalized spacial score (nSPS) is 18.5. The summed E-state index contributed by atoms with van der Waals surface area (Å²) in [4.78, 5) is 1.35. The van der Waals surface area contributed by atoms with Gasteiger partial charge in [-0.25, -0.2) is 4.39 Å². The van der Waals surface area contributed by atoms with Gasteiger partial charge in [-0.05, 0) is 43.1 Å². The summed E-state index contributed by atoms with van der Waals surface area (Å²) in [5, 5.41) is 4.07. The molecule has 4 heteroatoms. The van der Waals surface area contributed by atoms with Crippen molar-refractivity contribution in [2.45, 2.75) is 29.0 Å². The summed E-state index contributed by atoms with van der Waals surface area (Å²) in [5.41, 5.74) is 2.27. The second-order valence-corrected chi connectivity index (χ2v) is 6.94. The standard InChI is InChI=1S/C17H17ClFNS/c1-20-14(9-12-6-4-7-13(19)17(12)18)16-10-11-5-2-3-8-15(11)21-16/h2-8,14,16,20H,9-10H2,1H3. The van der Waals surface area contributed by atoms with Gasteiger partial charge in [-0.2, -0.15) is 0 Å². The van der Waals surface area contributed by atoms with Crippen LogP contribution in [-0.2, 0) is 12.8 Å². The maximum Gasteiger partial charge on any atom is 0.142 e. The van der Waals surface area contributed by atoms with Crippen LogP contribution in [0.5, 0.6) is 0 Å². The third-order valence-electron chi connectivity index (χ3n) is 3.96. The average Bonchev–Trinajstić information content (AvgIpc) is 2.92. The summed E-state index contributed by atoms with van der Waals surface area (Å²) < 4.78 is 13.6. The Kier molecular flexibility index (Phi) is 4.53. The molecule has 2 aromatic carbocycles. The Bertz CT molecular complexity index is 621. The predicted molar refractivity (Wildman–Crippen MR) is 87.8 cm³/mol. The summed E-state index contributed by atoms with van der Waals surface area (Å²) in [6, 6.07) is 13.8. The van der Waals surface area contributed by atoms with E-state index in [-0.39, 0.29) is 16.9 Å². The molecule has 21 heavy (non-hydrogen) atoms. The first-order valence-corrected chi connectivity index (χ1v) is 8.29. The summed E-state index contributed by atoms with van der Waals surface area (Å²) in [6.45, 7) is 0. The van der Waals surface area contributed by atoms with Crippen LogP contribution in [0.1, 0.15) is 11.1 Å². The van der Waals surface area contributed by atoms with Crippen LogP contribution in [0.3, 0.4) is 0 Å². The van der Waals surface area contributed by atoms with Gasteiger partial charge in [0.2, 0.25) is 0 Å². The van der Waals surface area contributed by atoms with E-state index in [0.29, 0.717) is 5.25 Å². The first-order chi connectivity index (χ1) is 10.2. The van der Waals surface area contributed by atoms with Crippen LogP contribution in [0, 0.1) is 5.82 Å². The number of thioether (sulfide) groups is 1. The molecule has 3 rings (SSSR count). The van der Waals surface area contributed by atoms with Gasteiger partial charge in [0.25, 0.3) is 0 Å². The molecule has 1 N–H and O–H groups in total. The van der Waals surface area contributed by atoms with Crippen LogP contribution in [0.2, 0.25) is 5.02 Å². The van der Waals surface area contributed by atoms with Crippen LogP contribution in [0.4, 0.5) is 4.39 Å². The van der Waals surface area contributed by atoms with E-state index >= 15 is 0 Å². The Labute approximate surface area is 133 Å². The largest absolute Gasteiger partial charge is 0.316 e. The maximum atomic E-state index is 13.6. The number of rotatable bonds is 4. The van der Waals surface area contributed by atoms with Gasteiger partial charge < -0.3 is 5.32 Å². The molecule has 1 aliphatic rings. The zero-order valence-electron chi connectivity index (χ0n) is 11.8. The lowest BCUT2D eigenvalue weighted by Gasteiger charge is -2.23. The summed E-state index contributed by atoms with van der Waals surface area (Å²) in [6.07, 6.45) is 1.78. The van der Waals surface area contributed by atoms with Crippen LogP contribution in [-0.4, -0.2) is 18.3 Å². The van der Waals surface area contributed by atoms with E-state index in [1.807, 2.05) is 24.9 Å². The lowest BCUT2D eigenvalue weighted by molar-refractivity contribution is 0.534. The van der Waals surface area contributed by atoms with E-state index in [4.69, 9.17) is 11.6 Å². The van der Waals surface area contributed by atoms with E-state index in [1.54, 1.807) is 6.07 Å². The molecule has 0 saturated heterocycles. The van der Waals surface area contributed by atoms with Crippen molar-refractivity contribution < 1.29 is 4.39 Å². The summed E-state index contributed by atoms with van der Waals surface area (Å²) in [5.74, 6) is -0.341. The number of nitrogens with one attached hydrogen (secondary N) is 1. The van der Waals surface area contributed by atoms with E-state index in [1.165, 1.54) is 16.5 Å². The molecule has 0 radical (unpaired) electrons. The molecule has 0 bridgehead atoms. The van der Waals surface area contributed by atoms with Crippen LogP contribution >= 0.6 is 23.4 Å². The number of benzene rings is 2. The first-order valence-electron chi connectivity index (χ1n) is 7.03. The maximum absolute atomic E-state index is 13.6. The quantitative estimate of drug-likeness (QED) is 0.899. The van der Waals surface area contributed by atoms with Gasteiger partial charge in [0.05, 0.1) is 5.02 Å². The van der Waals surface area contributed by atoms with Crippen molar-refractivity contribution in [2.24, 2.45) is 0 Å². The van der Waals surface area contributed by atoms with Crippen LogP contribution < -0.4 is 5.32 Å². The summed E-state index contributed by atoms with van der Waals surface area (Å²) in [7, 11) is 1.96. The second kappa shape index (κ2) is 6.39. The fraction of sp³-hybridized carbons (Fsp3) is 0.294. The van der Waals surface area contributed by atoms with E-state index in [2.05, 4.69) is 29.6 Å². The molecule has 0 aliphatic carbocycles. The first kappa shape index (κ1) is 14.9. The van der Waals surface area contributed by atoms with Gasteiger partial charge in [-0.3, -0.25) is 0 Å². The summed E-state index contributed by atoms with van der Waals surface area (Å²) >= 11 is 7.98. The molecule has 0 saturated carbocycles. The van der Waals surface area contributed by atoms with Gasteiger partial charge in [-0.1, -0.05) is 41.9 Å². The van der Waals surface area contributed by atoms with E-state index in [9.17, 15) is 4.39 Å². The van der Waals surface area contributed by atoms with Gasteiger partial charge >= 0.3 is 0 Å². The van der Waals surface area contributed by atoms with Crippen molar-refractivity contribution >= 4 is 23.4 Å². The molecule has 110 valence electrons. The molecule has 0 amide bonds. The third-order valence-corrected chi connectivity index (χ3v) is 5.84. The molecule has 2 atom stereocenters. The third kappa shape index (κ3) is 3.10. The molecule has 1 heterocycles. The smallest absolute Gasteiger partial charge is 0.142 e. The minimum absolute atomic E-state index is 0.248.